The van der Waals surface area contributed by atoms with E-state index >= 15 is 0 Å². The zero-order chi connectivity index (χ0) is 11.5. The molecule has 1 atom stereocenters. The molecule has 0 saturated heterocycles. The van der Waals surface area contributed by atoms with Crippen LogP contribution < -0.4 is 0 Å². The van der Waals surface area contributed by atoms with E-state index < -0.39 is 11.7 Å². The summed E-state index contributed by atoms with van der Waals surface area (Å²) in [4.78, 5) is 11.6. The molecular formula is C12H22O3. The highest BCUT2D eigenvalue weighted by molar-refractivity contribution is 5.74. The first kappa shape index (κ1) is 12.5. The maximum Gasteiger partial charge on any atom is 0.335 e. The summed E-state index contributed by atoms with van der Waals surface area (Å²) in [7, 11) is 0. The largest absolute Gasteiger partial charge is 0.458 e. The van der Waals surface area contributed by atoms with Crippen molar-refractivity contribution in [2.24, 2.45) is 0 Å². The molecule has 0 heterocycles. The van der Waals surface area contributed by atoms with Gasteiger partial charge in [0.05, 0.1) is 6.10 Å². The maximum atomic E-state index is 11.6. The van der Waals surface area contributed by atoms with Crippen LogP contribution in [0.2, 0.25) is 0 Å². The molecule has 0 N–H and O–H groups in total. The lowest BCUT2D eigenvalue weighted by Crippen LogP contribution is -2.33. The molecule has 88 valence electrons. The van der Waals surface area contributed by atoms with Crippen LogP contribution in [-0.4, -0.2) is 23.8 Å². The second-order valence-electron chi connectivity index (χ2n) is 5.22. The number of hydrogen-bond acceptors (Lipinski definition) is 3. The standard InChI is InChI=1S/C12H22O3/c1-9(11(13)15-12(2,3)4)14-10-7-5-6-8-10/h9-10H,5-8H2,1-4H3. The second-order valence-corrected chi connectivity index (χ2v) is 5.22. The van der Waals surface area contributed by atoms with E-state index in [1.807, 2.05) is 20.8 Å². The van der Waals surface area contributed by atoms with Crippen molar-refractivity contribution >= 4 is 5.97 Å². The number of carbonyl (C=O) groups excluding carboxylic acids is 1. The number of ether oxygens (including phenoxy) is 2. The monoisotopic (exact) mass is 214 g/mol. The smallest absolute Gasteiger partial charge is 0.335 e. The fourth-order valence-corrected chi connectivity index (χ4v) is 1.75. The molecule has 15 heavy (non-hydrogen) atoms. The number of carbonyl (C=O) groups is 1. The first-order valence-electron chi connectivity index (χ1n) is 5.77. The number of esters is 1. The molecule has 1 aliphatic carbocycles. The minimum Gasteiger partial charge on any atom is -0.458 e. The zero-order valence-corrected chi connectivity index (χ0v) is 10.2. The highest BCUT2D eigenvalue weighted by Gasteiger charge is 2.26. The van der Waals surface area contributed by atoms with Gasteiger partial charge in [-0.2, -0.15) is 0 Å². The molecule has 1 rings (SSSR count). The van der Waals surface area contributed by atoms with Gasteiger partial charge in [-0.1, -0.05) is 12.8 Å². The molecule has 1 fully saturated rings. The average Bonchev–Trinajstić information content (AvgIpc) is 2.53. The third-order valence-corrected chi connectivity index (χ3v) is 2.44. The van der Waals surface area contributed by atoms with Crippen LogP contribution in [0, 0.1) is 0 Å². The van der Waals surface area contributed by atoms with Gasteiger partial charge in [0.25, 0.3) is 0 Å². The SMILES string of the molecule is CC(OC1CCCC1)C(=O)OC(C)(C)C. The normalized spacial score (nSPS) is 20.3. The van der Waals surface area contributed by atoms with Gasteiger partial charge in [0.15, 0.2) is 6.10 Å². The molecule has 0 spiro atoms. The van der Waals surface area contributed by atoms with Gasteiger partial charge in [-0.25, -0.2) is 4.79 Å². The fourth-order valence-electron chi connectivity index (χ4n) is 1.75. The molecule has 1 aliphatic rings. The van der Waals surface area contributed by atoms with E-state index in [2.05, 4.69) is 0 Å². The van der Waals surface area contributed by atoms with Crippen molar-refractivity contribution in [1.82, 2.24) is 0 Å². The Morgan fingerprint density at radius 2 is 1.80 bits per heavy atom. The van der Waals surface area contributed by atoms with Crippen LogP contribution in [0.15, 0.2) is 0 Å². The quantitative estimate of drug-likeness (QED) is 0.677. The number of hydrogen-bond donors (Lipinski definition) is 0. The van der Waals surface area contributed by atoms with Crippen molar-refractivity contribution in [2.45, 2.75) is 71.2 Å². The number of rotatable bonds is 3. The predicted octanol–water partition coefficient (Wildman–Crippen LogP) is 2.68. The van der Waals surface area contributed by atoms with E-state index in [0.29, 0.717) is 0 Å². The molecule has 0 aliphatic heterocycles. The predicted molar refractivity (Wildman–Crippen MR) is 58.6 cm³/mol. The first-order chi connectivity index (χ1) is 6.88. The van der Waals surface area contributed by atoms with Crippen molar-refractivity contribution in [3.8, 4) is 0 Å². The molecule has 0 bridgehead atoms. The van der Waals surface area contributed by atoms with Gasteiger partial charge >= 0.3 is 5.97 Å². The van der Waals surface area contributed by atoms with E-state index in [4.69, 9.17) is 9.47 Å². The Kier molecular flexibility index (Phi) is 4.14. The third kappa shape index (κ3) is 4.65. The Morgan fingerprint density at radius 3 is 2.27 bits per heavy atom. The van der Waals surface area contributed by atoms with E-state index in [0.717, 1.165) is 12.8 Å². The Hall–Kier alpha value is -0.570. The van der Waals surface area contributed by atoms with E-state index in [1.165, 1.54) is 12.8 Å². The van der Waals surface area contributed by atoms with Crippen molar-refractivity contribution in [1.29, 1.82) is 0 Å². The van der Waals surface area contributed by atoms with Crippen molar-refractivity contribution < 1.29 is 14.3 Å². The lowest BCUT2D eigenvalue weighted by molar-refractivity contribution is -0.170. The highest BCUT2D eigenvalue weighted by Crippen LogP contribution is 2.22. The van der Waals surface area contributed by atoms with Crippen LogP contribution in [0.1, 0.15) is 53.4 Å². The van der Waals surface area contributed by atoms with Gasteiger partial charge in [-0.3, -0.25) is 0 Å². The molecule has 1 unspecified atom stereocenters. The summed E-state index contributed by atoms with van der Waals surface area (Å²) in [6.07, 6.45) is 4.40. The van der Waals surface area contributed by atoms with E-state index in [9.17, 15) is 4.79 Å². The Balaban J connectivity index is 2.32. The van der Waals surface area contributed by atoms with Crippen LogP contribution >= 0.6 is 0 Å². The Morgan fingerprint density at radius 1 is 1.27 bits per heavy atom. The summed E-state index contributed by atoms with van der Waals surface area (Å²) >= 11 is 0. The van der Waals surface area contributed by atoms with Crippen molar-refractivity contribution in [2.75, 3.05) is 0 Å². The summed E-state index contributed by atoms with van der Waals surface area (Å²) in [6.45, 7) is 7.37. The molecule has 0 amide bonds. The van der Waals surface area contributed by atoms with E-state index in [1.54, 1.807) is 6.92 Å². The maximum absolute atomic E-state index is 11.6. The molecule has 0 aromatic rings. The molecule has 0 aromatic carbocycles. The molecular weight excluding hydrogens is 192 g/mol. The highest BCUT2D eigenvalue weighted by atomic mass is 16.6. The third-order valence-electron chi connectivity index (χ3n) is 2.44. The Labute approximate surface area is 92.1 Å². The van der Waals surface area contributed by atoms with Crippen LogP contribution in [0.3, 0.4) is 0 Å². The second kappa shape index (κ2) is 4.97. The van der Waals surface area contributed by atoms with Crippen LogP contribution in [0.25, 0.3) is 0 Å². The summed E-state index contributed by atoms with van der Waals surface area (Å²) in [5.74, 6) is -0.255. The van der Waals surface area contributed by atoms with E-state index in [-0.39, 0.29) is 12.1 Å². The topological polar surface area (TPSA) is 35.5 Å². The molecule has 0 radical (unpaired) electrons. The minimum atomic E-state index is -0.438. The zero-order valence-electron chi connectivity index (χ0n) is 10.2. The Bertz CT molecular complexity index is 211. The van der Waals surface area contributed by atoms with Crippen LogP contribution in [0.4, 0.5) is 0 Å². The lowest BCUT2D eigenvalue weighted by atomic mass is 10.2. The minimum absolute atomic E-state index is 0.255. The van der Waals surface area contributed by atoms with Gasteiger partial charge in [-0.05, 0) is 40.5 Å². The summed E-state index contributed by atoms with van der Waals surface area (Å²) in [6, 6.07) is 0. The fraction of sp³-hybridized carbons (Fsp3) is 0.917. The van der Waals surface area contributed by atoms with Gasteiger partial charge in [0.2, 0.25) is 0 Å². The summed E-state index contributed by atoms with van der Waals surface area (Å²) < 4.78 is 10.9. The van der Waals surface area contributed by atoms with Crippen molar-refractivity contribution in [3.05, 3.63) is 0 Å². The van der Waals surface area contributed by atoms with Gasteiger partial charge in [0, 0.05) is 0 Å². The summed E-state index contributed by atoms with van der Waals surface area (Å²) in [5, 5.41) is 0. The van der Waals surface area contributed by atoms with Crippen molar-refractivity contribution in [3.63, 3.8) is 0 Å². The van der Waals surface area contributed by atoms with Gasteiger partial charge < -0.3 is 9.47 Å². The lowest BCUT2D eigenvalue weighted by Gasteiger charge is -2.23. The molecule has 3 nitrogen and oxygen atoms in total. The van der Waals surface area contributed by atoms with Gasteiger partial charge in [0.1, 0.15) is 5.60 Å². The average molecular weight is 214 g/mol. The molecule has 0 aromatic heterocycles. The summed E-state index contributed by atoms with van der Waals surface area (Å²) in [5.41, 5.74) is -0.426. The molecule has 1 saturated carbocycles. The first-order valence-corrected chi connectivity index (χ1v) is 5.77. The van der Waals surface area contributed by atoms with Gasteiger partial charge in [-0.15, -0.1) is 0 Å². The molecule has 3 heteroatoms. The van der Waals surface area contributed by atoms with Crippen LogP contribution in [0.5, 0.6) is 0 Å². The van der Waals surface area contributed by atoms with Crippen LogP contribution in [-0.2, 0) is 14.3 Å².